The number of guanidine groups is 1. The largest absolute Gasteiger partial charge is 0.356 e. The molecule has 0 aromatic carbocycles. The van der Waals surface area contributed by atoms with E-state index in [0.29, 0.717) is 0 Å². The number of carbonyl (C=O) groups excluding carboxylic acids is 1. The topological polar surface area (TPSA) is 72.9 Å². The molecule has 2 rings (SSSR count). The number of piperazine rings is 1. The molecular weight excluding hydrogens is 451 g/mol. The average molecular weight is 480 g/mol. The van der Waals surface area contributed by atoms with Crippen LogP contribution in [0.4, 0.5) is 0 Å². The van der Waals surface area contributed by atoms with Gasteiger partial charge < -0.3 is 15.5 Å². The molecule has 1 aromatic rings. The number of nitrogens with zero attached hydrogens (tertiary/aromatic N) is 4. The molecule has 0 unspecified atom stereocenters. The van der Waals surface area contributed by atoms with Crippen LogP contribution in [0.3, 0.4) is 0 Å². The standard InChI is InChI=1S/C16H28N6OS.HI/c1-13-20-15(12-24-13)4-5-18-16(17-3)19-6-7-21-8-10-22(11-9-21)14(2)23;/h12H,4-11H2,1-3H3,(H2,17,18,19);1H. The number of amides is 1. The lowest BCUT2D eigenvalue weighted by Gasteiger charge is -2.34. The highest BCUT2D eigenvalue weighted by molar-refractivity contribution is 14.0. The van der Waals surface area contributed by atoms with Gasteiger partial charge in [0.25, 0.3) is 0 Å². The minimum absolute atomic E-state index is 0. The second-order valence-electron chi connectivity index (χ2n) is 5.88. The number of hydrogen-bond acceptors (Lipinski definition) is 5. The van der Waals surface area contributed by atoms with Crippen molar-refractivity contribution in [2.45, 2.75) is 20.3 Å². The molecular formula is C16H29IN6OS. The maximum atomic E-state index is 11.3. The molecule has 2 heterocycles. The number of aryl methyl sites for hydroxylation is 1. The van der Waals surface area contributed by atoms with Crippen LogP contribution in [0.15, 0.2) is 10.4 Å². The Morgan fingerprint density at radius 2 is 1.96 bits per heavy atom. The van der Waals surface area contributed by atoms with Gasteiger partial charge in [-0.2, -0.15) is 0 Å². The predicted molar refractivity (Wildman–Crippen MR) is 114 cm³/mol. The van der Waals surface area contributed by atoms with E-state index in [1.807, 2.05) is 11.8 Å². The van der Waals surface area contributed by atoms with Crippen molar-refractivity contribution in [1.29, 1.82) is 0 Å². The molecule has 9 heteroatoms. The van der Waals surface area contributed by atoms with Gasteiger partial charge in [-0.25, -0.2) is 4.98 Å². The van der Waals surface area contributed by atoms with Crippen molar-refractivity contribution in [2.75, 3.05) is 52.9 Å². The maximum Gasteiger partial charge on any atom is 0.219 e. The van der Waals surface area contributed by atoms with Gasteiger partial charge in [0.15, 0.2) is 5.96 Å². The Morgan fingerprint density at radius 1 is 1.28 bits per heavy atom. The molecule has 7 nitrogen and oxygen atoms in total. The van der Waals surface area contributed by atoms with E-state index in [1.165, 1.54) is 0 Å². The Hall–Kier alpha value is -0.940. The summed E-state index contributed by atoms with van der Waals surface area (Å²) in [6, 6.07) is 0. The normalized spacial score (nSPS) is 15.6. The minimum atomic E-state index is 0. The highest BCUT2D eigenvalue weighted by atomic mass is 127. The van der Waals surface area contributed by atoms with Gasteiger partial charge in [0.1, 0.15) is 0 Å². The van der Waals surface area contributed by atoms with E-state index in [9.17, 15) is 4.79 Å². The van der Waals surface area contributed by atoms with Crippen molar-refractivity contribution in [3.8, 4) is 0 Å². The Bertz CT molecular complexity index is 557. The van der Waals surface area contributed by atoms with Gasteiger partial charge in [0.05, 0.1) is 10.7 Å². The molecule has 0 spiro atoms. The molecule has 2 N–H and O–H groups in total. The zero-order chi connectivity index (χ0) is 17.4. The number of thiazole rings is 1. The van der Waals surface area contributed by atoms with E-state index in [-0.39, 0.29) is 29.9 Å². The predicted octanol–water partition coefficient (Wildman–Crippen LogP) is 0.941. The second-order valence-corrected chi connectivity index (χ2v) is 6.94. The van der Waals surface area contributed by atoms with Crippen LogP contribution in [0.25, 0.3) is 0 Å². The van der Waals surface area contributed by atoms with Crippen molar-refractivity contribution in [1.82, 2.24) is 25.4 Å². The van der Waals surface area contributed by atoms with Crippen molar-refractivity contribution in [3.63, 3.8) is 0 Å². The zero-order valence-corrected chi connectivity index (χ0v) is 18.4. The third-order valence-electron chi connectivity index (χ3n) is 4.10. The Morgan fingerprint density at radius 3 is 2.52 bits per heavy atom. The summed E-state index contributed by atoms with van der Waals surface area (Å²) in [4.78, 5) is 24.3. The fourth-order valence-corrected chi connectivity index (χ4v) is 3.32. The first-order valence-corrected chi connectivity index (χ1v) is 9.30. The van der Waals surface area contributed by atoms with Gasteiger partial charge in [-0.1, -0.05) is 0 Å². The average Bonchev–Trinajstić information content (AvgIpc) is 2.99. The molecule has 1 fully saturated rings. The number of nitrogens with one attached hydrogen (secondary N) is 2. The van der Waals surface area contributed by atoms with E-state index in [0.717, 1.165) is 68.9 Å². The summed E-state index contributed by atoms with van der Waals surface area (Å²) in [6.07, 6.45) is 0.901. The van der Waals surface area contributed by atoms with Crippen LogP contribution < -0.4 is 10.6 Å². The molecule has 1 saturated heterocycles. The van der Waals surface area contributed by atoms with Crippen LogP contribution in [0.1, 0.15) is 17.6 Å². The number of rotatable bonds is 6. The quantitative estimate of drug-likeness (QED) is 0.360. The molecule has 1 aliphatic heterocycles. The summed E-state index contributed by atoms with van der Waals surface area (Å²) in [5.74, 6) is 0.997. The summed E-state index contributed by atoms with van der Waals surface area (Å²) in [5.41, 5.74) is 1.13. The molecule has 0 aliphatic carbocycles. The van der Waals surface area contributed by atoms with Crippen LogP contribution in [0.5, 0.6) is 0 Å². The molecule has 0 bridgehead atoms. The third kappa shape index (κ3) is 7.87. The van der Waals surface area contributed by atoms with Crippen LogP contribution in [0, 0.1) is 6.92 Å². The highest BCUT2D eigenvalue weighted by Gasteiger charge is 2.17. The molecule has 1 aromatic heterocycles. The lowest BCUT2D eigenvalue weighted by atomic mass is 10.3. The molecule has 0 radical (unpaired) electrons. The van der Waals surface area contributed by atoms with Crippen molar-refractivity contribution >= 4 is 47.2 Å². The van der Waals surface area contributed by atoms with E-state index in [1.54, 1.807) is 25.3 Å². The van der Waals surface area contributed by atoms with Crippen molar-refractivity contribution in [2.24, 2.45) is 4.99 Å². The molecule has 0 saturated carbocycles. The number of carbonyl (C=O) groups is 1. The van der Waals surface area contributed by atoms with E-state index in [2.05, 4.69) is 30.9 Å². The lowest BCUT2D eigenvalue weighted by molar-refractivity contribution is -0.130. The van der Waals surface area contributed by atoms with Gasteiger partial charge >= 0.3 is 0 Å². The molecule has 0 atom stereocenters. The van der Waals surface area contributed by atoms with E-state index >= 15 is 0 Å². The summed E-state index contributed by atoms with van der Waals surface area (Å²) in [7, 11) is 1.79. The van der Waals surface area contributed by atoms with Crippen LogP contribution in [-0.4, -0.2) is 79.5 Å². The van der Waals surface area contributed by atoms with Gasteiger partial charge in [0.2, 0.25) is 5.91 Å². The first-order chi connectivity index (χ1) is 11.6. The number of aliphatic imine (C=N–C) groups is 1. The van der Waals surface area contributed by atoms with E-state index < -0.39 is 0 Å². The Balaban J connectivity index is 0.00000312. The summed E-state index contributed by atoms with van der Waals surface area (Å²) in [5, 5.41) is 9.87. The highest BCUT2D eigenvalue weighted by Crippen LogP contribution is 2.07. The number of halogens is 1. The summed E-state index contributed by atoms with van der Waals surface area (Å²) in [6.45, 7) is 9.82. The molecule has 25 heavy (non-hydrogen) atoms. The van der Waals surface area contributed by atoms with E-state index in [4.69, 9.17) is 0 Å². The van der Waals surface area contributed by atoms with Crippen LogP contribution in [0.2, 0.25) is 0 Å². The smallest absolute Gasteiger partial charge is 0.219 e. The lowest BCUT2D eigenvalue weighted by Crippen LogP contribution is -2.50. The molecule has 1 aliphatic rings. The molecule has 142 valence electrons. The summed E-state index contributed by atoms with van der Waals surface area (Å²) < 4.78 is 0. The summed E-state index contributed by atoms with van der Waals surface area (Å²) >= 11 is 1.69. The third-order valence-corrected chi connectivity index (χ3v) is 4.92. The van der Waals surface area contributed by atoms with Gasteiger partial charge in [-0.15, -0.1) is 35.3 Å². The van der Waals surface area contributed by atoms with Gasteiger partial charge in [-0.05, 0) is 6.92 Å². The van der Waals surface area contributed by atoms with Crippen molar-refractivity contribution in [3.05, 3.63) is 16.1 Å². The number of hydrogen-bond donors (Lipinski definition) is 2. The van der Waals surface area contributed by atoms with Gasteiger partial charge in [0, 0.05) is 71.6 Å². The first kappa shape index (κ1) is 22.1. The van der Waals surface area contributed by atoms with Crippen LogP contribution >= 0.6 is 35.3 Å². The Labute approximate surface area is 171 Å². The zero-order valence-electron chi connectivity index (χ0n) is 15.2. The SMILES string of the molecule is CN=C(NCCc1csc(C)n1)NCCN1CCN(C(C)=O)CC1.I. The van der Waals surface area contributed by atoms with Gasteiger partial charge in [-0.3, -0.25) is 14.7 Å². The Kier molecular flexibility index (Phi) is 10.3. The monoisotopic (exact) mass is 480 g/mol. The van der Waals surface area contributed by atoms with Crippen LogP contribution in [-0.2, 0) is 11.2 Å². The first-order valence-electron chi connectivity index (χ1n) is 8.42. The maximum absolute atomic E-state index is 11.3. The number of aromatic nitrogens is 1. The minimum Gasteiger partial charge on any atom is -0.356 e. The fourth-order valence-electron chi connectivity index (χ4n) is 2.67. The molecule has 1 amide bonds. The van der Waals surface area contributed by atoms with Crippen molar-refractivity contribution < 1.29 is 4.79 Å². The second kappa shape index (κ2) is 11.6. The fraction of sp³-hybridized carbons (Fsp3) is 0.688.